The number of hydrogen-bond donors (Lipinski definition) is 2. The van der Waals surface area contributed by atoms with Crippen molar-refractivity contribution in [3.05, 3.63) is 17.7 Å². The second-order valence-corrected chi connectivity index (χ2v) is 5.87. The van der Waals surface area contributed by atoms with Crippen LogP contribution < -0.4 is 5.73 Å². The van der Waals surface area contributed by atoms with Gasteiger partial charge in [-0.25, -0.2) is 4.98 Å². The molecule has 1 saturated carbocycles. The quantitative estimate of drug-likeness (QED) is 0.839. The fourth-order valence-electron chi connectivity index (χ4n) is 3.80. The van der Waals surface area contributed by atoms with Gasteiger partial charge in [0.15, 0.2) is 0 Å². The Labute approximate surface area is 109 Å². The number of fused-ring (bicyclic) bond motifs is 1. The lowest BCUT2D eigenvalue weighted by Crippen LogP contribution is -2.47. The van der Waals surface area contributed by atoms with Crippen molar-refractivity contribution in [1.82, 2.24) is 14.9 Å². The van der Waals surface area contributed by atoms with Crippen LogP contribution in [0.2, 0.25) is 0 Å². The molecule has 3 N–H and O–H groups in total. The zero-order valence-corrected chi connectivity index (χ0v) is 11.2. The van der Waals surface area contributed by atoms with Gasteiger partial charge in [-0.1, -0.05) is 19.3 Å². The van der Waals surface area contributed by atoms with Crippen molar-refractivity contribution in [3.63, 3.8) is 0 Å². The number of aromatic nitrogens is 2. The van der Waals surface area contributed by atoms with Gasteiger partial charge in [0, 0.05) is 24.7 Å². The minimum atomic E-state index is 0.463. The summed E-state index contributed by atoms with van der Waals surface area (Å²) in [5.74, 6) is 0.764. The summed E-state index contributed by atoms with van der Waals surface area (Å²) in [5.41, 5.74) is 8.54. The summed E-state index contributed by atoms with van der Waals surface area (Å²) in [4.78, 5) is 10.4. The first kappa shape index (κ1) is 12.2. The highest BCUT2D eigenvalue weighted by Gasteiger charge is 2.38. The lowest BCUT2D eigenvalue weighted by molar-refractivity contribution is 0.0875. The van der Waals surface area contributed by atoms with E-state index in [1.54, 1.807) is 0 Å². The van der Waals surface area contributed by atoms with E-state index in [9.17, 15) is 0 Å². The van der Waals surface area contributed by atoms with Gasteiger partial charge in [0.2, 0.25) is 0 Å². The van der Waals surface area contributed by atoms with Crippen LogP contribution in [0.5, 0.6) is 0 Å². The summed E-state index contributed by atoms with van der Waals surface area (Å²) in [5, 5.41) is 0. The molecule has 4 nitrogen and oxygen atoms in total. The van der Waals surface area contributed by atoms with E-state index in [0.717, 1.165) is 18.9 Å². The van der Waals surface area contributed by atoms with E-state index < -0.39 is 0 Å². The highest BCUT2D eigenvalue weighted by Crippen LogP contribution is 2.41. The molecule has 1 aliphatic carbocycles. The highest BCUT2D eigenvalue weighted by molar-refractivity contribution is 5.22. The van der Waals surface area contributed by atoms with Crippen LogP contribution in [-0.2, 0) is 6.42 Å². The Morgan fingerprint density at radius 3 is 2.89 bits per heavy atom. The molecule has 1 aromatic rings. The lowest BCUT2D eigenvalue weighted by atomic mass is 9.79. The molecule has 1 fully saturated rings. The minimum absolute atomic E-state index is 0.463. The molecule has 1 aromatic heterocycles. The predicted octanol–water partition coefficient (Wildman–Crippen LogP) is 1.85. The van der Waals surface area contributed by atoms with Gasteiger partial charge in [-0.3, -0.25) is 4.90 Å². The Balaban J connectivity index is 1.90. The molecule has 1 aliphatic heterocycles. The molecule has 4 heteroatoms. The molecule has 0 amide bonds. The van der Waals surface area contributed by atoms with Gasteiger partial charge >= 0.3 is 0 Å². The lowest BCUT2D eigenvalue weighted by Gasteiger charge is -2.43. The number of nitrogens with one attached hydrogen (secondary N) is 1. The summed E-state index contributed by atoms with van der Waals surface area (Å²) in [6, 6.07) is 0.943. The normalized spacial score (nSPS) is 30.3. The van der Waals surface area contributed by atoms with Crippen molar-refractivity contribution >= 4 is 0 Å². The van der Waals surface area contributed by atoms with E-state index in [1.807, 2.05) is 6.33 Å². The van der Waals surface area contributed by atoms with Crippen LogP contribution in [0.4, 0.5) is 0 Å². The summed E-state index contributed by atoms with van der Waals surface area (Å²) in [7, 11) is 2.23. The molecule has 2 atom stereocenters. The number of H-pyrrole nitrogens is 1. The second kappa shape index (κ2) is 5.02. The van der Waals surface area contributed by atoms with Gasteiger partial charge in [-0.05, 0) is 25.8 Å². The van der Waals surface area contributed by atoms with Crippen LogP contribution in [0.1, 0.15) is 49.5 Å². The number of likely N-dealkylation sites (N-methyl/N-ethyl adjacent to an activating group) is 1. The molecule has 100 valence electrons. The van der Waals surface area contributed by atoms with Crippen molar-refractivity contribution < 1.29 is 0 Å². The molecule has 0 aromatic carbocycles. The molecule has 2 heterocycles. The summed E-state index contributed by atoms with van der Waals surface area (Å²) in [6.45, 7) is 0.734. The first-order chi connectivity index (χ1) is 8.81. The van der Waals surface area contributed by atoms with Gasteiger partial charge < -0.3 is 10.7 Å². The maximum absolute atomic E-state index is 5.94. The Morgan fingerprint density at radius 2 is 2.17 bits per heavy atom. The number of rotatable bonds is 2. The third-order valence-corrected chi connectivity index (χ3v) is 4.85. The van der Waals surface area contributed by atoms with Gasteiger partial charge in [0.1, 0.15) is 0 Å². The first-order valence-electron chi connectivity index (χ1n) is 7.25. The van der Waals surface area contributed by atoms with E-state index in [4.69, 9.17) is 5.73 Å². The predicted molar refractivity (Wildman–Crippen MR) is 72.2 cm³/mol. The summed E-state index contributed by atoms with van der Waals surface area (Å²) >= 11 is 0. The average molecular weight is 248 g/mol. The summed E-state index contributed by atoms with van der Waals surface area (Å²) < 4.78 is 0. The van der Waals surface area contributed by atoms with E-state index in [-0.39, 0.29) is 0 Å². The summed E-state index contributed by atoms with van der Waals surface area (Å²) in [6.07, 6.45) is 9.72. The molecular weight excluding hydrogens is 224 g/mol. The molecule has 0 saturated heterocycles. The van der Waals surface area contributed by atoms with Crippen molar-refractivity contribution in [2.75, 3.05) is 13.6 Å². The molecule has 2 unspecified atom stereocenters. The zero-order chi connectivity index (χ0) is 12.5. The van der Waals surface area contributed by atoms with Crippen LogP contribution in [0.15, 0.2) is 6.33 Å². The van der Waals surface area contributed by atoms with E-state index >= 15 is 0 Å². The number of nitrogens with zero attached hydrogens (tertiary/aromatic N) is 2. The molecule has 3 rings (SSSR count). The highest BCUT2D eigenvalue weighted by atomic mass is 15.2. The Kier molecular flexibility index (Phi) is 3.39. The van der Waals surface area contributed by atoms with Gasteiger partial charge in [-0.2, -0.15) is 0 Å². The Bertz CT molecular complexity index is 394. The van der Waals surface area contributed by atoms with Crippen LogP contribution in [0.25, 0.3) is 0 Å². The molecule has 18 heavy (non-hydrogen) atoms. The Morgan fingerprint density at radius 1 is 1.39 bits per heavy atom. The second-order valence-electron chi connectivity index (χ2n) is 5.87. The number of aromatic amines is 1. The fourth-order valence-corrected chi connectivity index (χ4v) is 3.80. The maximum atomic E-state index is 5.94. The van der Waals surface area contributed by atoms with Gasteiger partial charge in [0.25, 0.3) is 0 Å². The minimum Gasteiger partial charge on any atom is -0.348 e. The first-order valence-corrected chi connectivity index (χ1v) is 7.25. The van der Waals surface area contributed by atoms with E-state index in [2.05, 4.69) is 21.9 Å². The SMILES string of the molecule is CN1C(CN)Cc2[nH]cnc2C1C1CCCCC1. The number of nitrogens with two attached hydrogens (primary N) is 1. The van der Waals surface area contributed by atoms with Crippen molar-refractivity contribution in [1.29, 1.82) is 0 Å². The van der Waals surface area contributed by atoms with Gasteiger partial charge in [0.05, 0.1) is 18.1 Å². The molecule has 2 aliphatic rings. The third kappa shape index (κ3) is 1.97. The smallest absolute Gasteiger partial charge is 0.0925 e. The van der Waals surface area contributed by atoms with Crippen LogP contribution >= 0.6 is 0 Å². The third-order valence-electron chi connectivity index (χ3n) is 4.85. The molecule has 0 bridgehead atoms. The van der Waals surface area contributed by atoms with Gasteiger partial charge in [-0.15, -0.1) is 0 Å². The molecule has 0 radical (unpaired) electrons. The van der Waals surface area contributed by atoms with Crippen LogP contribution in [0.3, 0.4) is 0 Å². The van der Waals surface area contributed by atoms with Crippen molar-refractivity contribution in [3.8, 4) is 0 Å². The largest absolute Gasteiger partial charge is 0.348 e. The van der Waals surface area contributed by atoms with E-state index in [1.165, 1.54) is 43.5 Å². The number of hydrogen-bond acceptors (Lipinski definition) is 3. The number of imidazole rings is 1. The average Bonchev–Trinajstić information content (AvgIpc) is 2.86. The topological polar surface area (TPSA) is 57.9 Å². The maximum Gasteiger partial charge on any atom is 0.0925 e. The van der Waals surface area contributed by atoms with Crippen molar-refractivity contribution in [2.24, 2.45) is 11.7 Å². The van der Waals surface area contributed by atoms with Crippen LogP contribution in [0, 0.1) is 5.92 Å². The molecular formula is C14H24N4. The molecule has 0 spiro atoms. The zero-order valence-electron chi connectivity index (χ0n) is 11.2. The van der Waals surface area contributed by atoms with E-state index in [0.29, 0.717) is 12.1 Å². The monoisotopic (exact) mass is 248 g/mol. The fraction of sp³-hybridized carbons (Fsp3) is 0.786. The standard InChI is InChI=1S/C14H24N4/c1-18-11(8-15)7-12-13(17-9-16-12)14(18)10-5-3-2-4-6-10/h9-11,14H,2-8,15H2,1H3,(H,16,17). The Hall–Kier alpha value is -0.870. The van der Waals surface area contributed by atoms with Crippen molar-refractivity contribution in [2.45, 2.75) is 50.6 Å². The van der Waals surface area contributed by atoms with Crippen LogP contribution in [-0.4, -0.2) is 34.5 Å².